The Balaban J connectivity index is 1.28. The Hall–Kier alpha value is -3.08. The molecule has 0 aromatic heterocycles. The van der Waals surface area contributed by atoms with Gasteiger partial charge in [0.25, 0.3) is 0 Å². The third-order valence-electron chi connectivity index (χ3n) is 8.91. The quantitative estimate of drug-likeness (QED) is 0.231. The predicted octanol–water partition coefficient (Wildman–Crippen LogP) is 9.85. The minimum Gasteiger partial charge on any atom is -0.494 e. The van der Waals surface area contributed by atoms with Crippen molar-refractivity contribution in [3.63, 3.8) is 0 Å². The molecule has 5 heteroatoms. The van der Waals surface area contributed by atoms with Crippen LogP contribution in [0.5, 0.6) is 5.75 Å². The highest BCUT2D eigenvalue weighted by Crippen LogP contribution is 2.45. The van der Waals surface area contributed by atoms with Gasteiger partial charge in [0.05, 0.1) is 7.11 Å². The van der Waals surface area contributed by atoms with Gasteiger partial charge in [0, 0.05) is 11.1 Å². The molecule has 0 amide bonds. The minimum atomic E-state index is -1.06. The number of allylic oxidation sites excluding steroid dienone is 1. The molecule has 1 nitrogen and oxygen atoms in total. The first-order valence-electron chi connectivity index (χ1n) is 13.6. The van der Waals surface area contributed by atoms with E-state index in [1.165, 1.54) is 44.9 Å². The molecule has 0 N–H and O–H groups in total. The lowest BCUT2D eigenvalue weighted by Gasteiger charge is -2.37. The van der Waals surface area contributed by atoms with E-state index in [2.05, 4.69) is 12.7 Å². The molecule has 200 valence electrons. The zero-order valence-electron chi connectivity index (χ0n) is 21.8. The molecule has 2 aliphatic rings. The second-order valence-corrected chi connectivity index (χ2v) is 10.9. The molecule has 5 rings (SSSR count). The molecule has 2 fully saturated rings. The van der Waals surface area contributed by atoms with Gasteiger partial charge in [0.1, 0.15) is 0 Å². The summed E-state index contributed by atoms with van der Waals surface area (Å²) in [6.45, 7) is 3.94. The normalized spacial score (nSPS) is 23.7. The van der Waals surface area contributed by atoms with Crippen LogP contribution in [0, 0.1) is 41.0 Å². The van der Waals surface area contributed by atoms with Crippen molar-refractivity contribution in [1.29, 1.82) is 0 Å². The minimum absolute atomic E-state index is 0.0367. The molecular formula is C33H34F4O. The van der Waals surface area contributed by atoms with E-state index < -0.39 is 23.3 Å². The molecule has 0 spiro atoms. The molecule has 0 bridgehead atoms. The molecule has 2 saturated carbocycles. The fraction of sp³-hybridized carbons (Fsp3) is 0.394. The molecule has 38 heavy (non-hydrogen) atoms. The fourth-order valence-corrected chi connectivity index (χ4v) is 6.60. The van der Waals surface area contributed by atoms with E-state index in [1.807, 2.05) is 0 Å². The largest absolute Gasteiger partial charge is 0.494 e. The van der Waals surface area contributed by atoms with Crippen LogP contribution in [0.25, 0.3) is 22.3 Å². The van der Waals surface area contributed by atoms with E-state index in [4.69, 9.17) is 4.74 Å². The second-order valence-electron chi connectivity index (χ2n) is 10.9. The number of ether oxygens (including phenoxy) is 1. The zero-order valence-corrected chi connectivity index (χ0v) is 21.8. The third kappa shape index (κ3) is 5.12. The van der Waals surface area contributed by atoms with Crippen LogP contribution in [-0.2, 0) is 0 Å². The van der Waals surface area contributed by atoms with Gasteiger partial charge in [-0.3, -0.25) is 0 Å². The van der Waals surface area contributed by atoms with Gasteiger partial charge in [-0.2, -0.15) is 4.39 Å². The van der Waals surface area contributed by atoms with E-state index in [0.717, 1.165) is 31.6 Å². The average molecular weight is 523 g/mol. The number of hydrogen-bond donors (Lipinski definition) is 0. The molecule has 2 aliphatic carbocycles. The predicted molar refractivity (Wildman–Crippen MR) is 144 cm³/mol. The fourth-order valence-electron chi connectivity index (χ4n) is 6.60. The Bertz CT molecular complexity index is 1280. The summed E-state index contributed by atoms with van der Waals surface area (Å²) in [7, 11) is 1.27. The summed E-state index contributed by atoms with van der Waals surface area (Å²) in [6.07, 6.45) is 11.0. The Labute approximate surface area is 222 Å². The van der Waals surface area contributed by atoms with Gasteiger partial charge < -0.3 is 4.74 Å². The van der Waals surface area contributed by atoms with E-state index in [1.54, 1.807) is 36.4 Å². The van der Waals surface area contributed by atoms with Gasteiger partial charge in [-0.15, -0.1) is 6.58 Å². The van der Waals surface area contributed by atoms with E-state index in [9.17, 15) is 8.78 Å². The van der Waals surface area contributed by atoms with Crippen molar-refractivity contribution in [2.75, 3.05) is 7.11 Å². The first-order valence-corrected chi connectivity index (χ1v) is 13.6. The topological polar surface area (TPSA) is 9.23 Å². The summed E-state index contributed by atoms with van der Waals surface area (Å²) in [6, 6.07) is 12.5. The van der Waals surface area contributed by atoms with Crippen LogP contribution in [-0.4, -0.2) is 7.11 Å². The van der Waals surface area contributed by atoms with Crippen LogP contribution in [0.3, 0.4) is 0 Å². The molecule has 0 heterocycles. The molecule has 3 aromatic rings. The van der Waals surface area contributed by atoms with Crippen molar-refractivity contribution in [3.8, 4) is 28.0 Å². The standard InChI is InChI=1S/C33H34F4O/c1-3-20-4-6-21(7-5-20)22-8-10-23(11-9-22)26-16-17-27(31(35)30(26)34)24-12-14-25(15-13-24)28-18-19-29(38-2)33(37)32(28)36/h3,12-23H,1,4-11H2,2H3. The van der Waals surface area contributed by atoms with Gasteiger partial charge in [-0.05, 0) is 104 Å². The maximum atomic E-state index is 15.3. The zero-order chi connectivity index (χ0) is 26.8. The highest BCUT2D eigenvalue weighted by molar-refractivity contribution is 5.71. The second kappa shape index (κ2) is 11.3. The molecule has 3 aromatic carbocycles. The van der Waals surface area contributed by atoms with E-state index in [0.29, 0.717) is 28.5 Å². The van der Waals surface area contributed by atoms with Gasteiger partial charge in [0.15, 0.2) is 23.2 Å². The molecule has 0 unspecified atom stereocenters. The first-order chi connectivity index (χ1) is 18.4. The number of hydrogen-bond acceptors (Lipinski definition) is 1. The van der Waals surface area contributed by atoms with Crippen molar-refractivity contribution >= 4 is 0 Å². The lowest BCUT2D eigenvalue weighted by molar-refractivity contribution is 0.171. The Kier molecular flexibility index (Phi) is 7.92. The number of rotatable bonds is 6. The number of halogens is 4. The third-order valence-corrected chi connectivity index (χ3v) is 8.91. The molecule has 0 saturated heterocycles. The summed E-state index contributed by atoms with van der Waals surface area (Å²) in [4.78, 5) is 0. The van der Waals surface area contributed by atoms with E-state index >= 15 is 8.78 Å². The molecular weight excluding hydrogens is 488 g/mol. The van der Waals surface area contributed by atoms with Gasteiger partial charge >= 0.3 is 0 Å². The Morgan fingerprint density at radius 1 is 0.632 bits per heavy atom. The number of benzene rings is 3. The summed E-state index contributed by atoms with van der Waals surface area (Å²) in [5, 5.41) is 0. The maximum Gasteiger partial charge on any atom is 0.201 e. The summed E-state index contributed by atoms with van der Waals surface area (Å²) in [5.74, 6) is -1.76. The van der Waals surface area contributed by atoms with Crippen LogP contribution in [0.2, 0.25) is 0 Å². The van der Waals surface area contributed by atoms with Crippen LogP contribution >= 0.6 is 0 Å². The lowest BCUT2D eigenvalue weighted by atomic mass is 9.68. The van der Waals surface area contributed by atoms with Crippen LogP contribution in [0.1, 0.15) is 62.8 Å². The lowest BCUT2D eigenvalue weighted by Crippen LogP contribution is -2.25. The van der Waals surface area contributed by atoms with Crippen LogP contribution in [0.15, 0.2) is 61.2 Å². The van der Waals surface area contributed by atoms with Crippen molar-refractivity contribution in [2.45, 2.75) is 57.3 Å². The monoisotopic (exact) mass is 522 g/mol. The highest BCUT2D eigenvalue weighted by Gasteiger charge is 2.32. The van der Waals surface area contributed by atoms with Crippen molar-refractivity contribution in [2.24, 2.45) is 17.8 Å². The number of methoxy groups -OCH3 is 1. The maximum absolute atomic E-state index is 15.3. The molecule has 0 radical (unpaired) electrons. The van der Waals surface area contributed by atoms with Crippen LogP contribution in [0.4, 0.5) is 17.6 Å². The van der Waals surface area contributed by atoms with Gasteiger partial charge in [-0.1, -0.05) is 42.5 Å². The smallest absolute Gasteiger partial charge is 0.201 e. The average Bonchev–Trinajstić information content (AvgIpc) is 2.96. The molecule has 0 atom stereocenters. The summed E-state index contributed by atoms with van der Waals surface area (Å²) < 4.78 is 64.0. The van der Waals surface area contributed by atoms with E-state index in [-0.39, 0.29) is 22.8 Å². The Morgan fingerprint density at radius 2 is 1.13 bits per heavy atom. The molecule has 0 aliphatic heterocycles. The summed E-state index contributed by atoms with van der Waals surface area (Å²) >= 11 is 0. The first kappa shape index (κ1) is 26.5. The highest BCUT2D eigenvalue weighted by atomic mass is 19.2. The van der Waals surface area contributed by atoms with Gasteiger partial charge in [0.2, 0.25) is 5.82 Å². The van der Waals surface area contributed by atoms with Gasteiger partial charge in [-0.25, -0.2) is 13.2 Å². The van der Waals surface area contributed by atoms with Crippen LogP contribution < -0.4 is 4.74 Å². The van der Waals surface area contributed by atoms with Crippen molar-refractivity contribution in [1.82, 2.24) is 0 Å². The van der Waals surface area contributed by atoms with Crippen molar-refractivity contribution in [3.05, 3.63) is 90.0 Å². The Morgan fingerprint density at radius 3 is 1.66 bits per heavy atom. The summed E-state index contributed by atoms with van der Waals surface area (Å²) in [5.41, 5.74) is 1.60. The van der Waals surface area contributed by atoms with Crippen molar-refractivity contribution < 1.29 is 22.3 Å². The SMILES string of the molecule is C=CC1CCC(C2CCC(c3ccc(-c4ccc(-c5ccc(OC)c(F)c5F)cc4)c(F)c3F)CC2)CC1.